The standard InChI is InChI=1S/C12H18N2O4S/c1-5-18-14-12(15)10-6-8(2)9(3)11(7-10)19(16,17)13-4/h6-7,13H,5H2,1-4H3,(H,14,15). The molecule has 1 amide bonds. The predicted octanol–water partition coefficient (Wildman–Crippen LogP) is 0.893. The number of rotatable bonds is 5. The molecular formula is C12H18N2O4S. The Morgan fingerprint density at radius 1 is 1.32 bits per heavy atom. The Morgan fingerprint density at radius 3 is 2.47 bits per heavy atom. The van der Waals surface area contributed by atoms with Crippen LogP contribution in [0, 0.1) is 13.8 Å². The molecule has 1 rings (SSSR count). The predicted molar refractivity (Wildman–Crippen MR) is 71.3 cm³/mol. The van der Waals surface area contributed by atoms with Crippen molar-refractivity contribution in [1.29, 1.82) is 0 Å². The van der Waals surface area contributed by atoms with Crippen LogP contribution in [-0.2, 0) is 14.9 Å². The van der Waals surface area contributed by atoms with E-state index >= 15 is 0 Å². The van der Waals surface area contributed by atoms with Gasteiger partial charge in [-0.2, -0.15) is 0 Å². The Bertz CT molecular complexity index is 582. The Kier molecular flexibility index (Phi) is 5.04. The maximum absolute atomic E-state index is 11.9. The number of amides is 1. The molecule has 0 heterocycles. The Morgan fingerprint density at radius 2 is 1.95 bits per heavy atom. The molecule has 106 valence electrons. The van der Waals surface area contributed by atoms with E-state index in [-0.39, 0.29) is 10.5 Å². The van der Waals surface area contributed by atoms with Gasteiger partial charge in [-0.1, -0.05) is 0 Å². The van der Waals surface area contributed by atoms with Gasteiger partial charge in [0.1, 0.15) is 0 Å². The minimum absolute atomic E-state index is 0.0941. The number of benzene rings is 1. The zero-order valence-corrected chi connectivity index (χ0v) is 12.2. The van der Waals surface area contributed by atoms with Crippen molar-refractivity contribution in [3.05, 3.63) is 28.8 Å². The van der Waals surface area contributed by atoms with Crippen LogP contribution in [0.5, 0.6) is 0 Å². The number of carbonyl (C=O) groups is 1. The summed E-state index contributed by atoms with van der Waals surface area (Å²) in [6.45, 7) is 5.51. The van der Waals surface area contributed by atoms with E-state index in [2.05, 4.69) is 10.2 Å². The molecule has 0 aromatic heterocycles. The Hall–Kier alpha value is -1.44. The highest BCUT2D eigenvalue weighted by Crippen LogP contribution is 2.20. The van der Waals surface area contributed by atoms with Crippen molar-refractivity contribution in [3.8, 4) is 0 Å². The molecule has 0 atom stereocenters. The molecule has 0 spiro atoms. The number of nitrogens with one attached hydrogen (secondary N) is 2. The fourth-order valence-electron chi connectivity index (χ4n) is 1.54. The zero-order valence-electron chi connectivity index (χ0n) is 11.4. The first kappa shape index (κ1) is 15.6. The molecule has 0 aliphatic carbocycles. The summed E-state index contributed by atoms with van der Waals surface area (Å²) in [5.41, 5.74) is 3.81. The van der Waals surface area contributed by atoms with Gasteiger partial charge in [0.25, 0.3) is 5.91 Å². The zero-order chi connectivity index (χ0) is 14.6. The Balaban J connectivity index is 3.28. The van der Waals surface area contributed by atoms with Crippen LogP contribution in [0.15, 0.2) is 17.0 Å². The normalized spacial score (nSPS) is 11.4. The lowest BCUT2D eigenvalue weighted by molar-refractivity contribution is 0.0364. The van der Waals surface area contributed by atoms with Crippen molar-refractivity contribution in [1.82, 2.24) is 10.2 Å². The molecule has 1 aromatic carbocycles. The van der Waals surface area contributed by atoms with Crippen molar-refractivity contribution < 1.29 is 18.0 Å². The minimum atomic E-state index is -3.60. The lowest BCUT2D eigenvalue weighted by Gasteiger charge is -2.12. The largest absolute Gasteiger partial charge is 0.274 e. The minimum Gasteiger partial charge on any atom is -0.274 e. The fourth-order valence-corrected chi connectivity index (χ4v) is 2.61. The number of sulfonamides is 1. The second kappa shape index (κ2) is 6.14. The summed E-state index contributed by atoms with van der Waals surface area (Å²) in [4.78, 5) is 16.7. The molecule has 1 aromatic rings. The molecular weight excluding hydrogens is 268 g/mol. The van der Waals surface area contributed by atoms with Crippen LogP contribution >= 0.6 is 0 Å². The van der Waals surface area contributed by atoms with Crippen LogP contribution in [0.3, 0.4) is 0 Å². The van der Waals surface area contributed by atoms with Crippen molar-refractivity contribution in [2.45, 2.75) is 25.7 Å². The summed E-state index contributed by atoms with van der Waals surface area (Å²) in [6.07, 6.45) is 0. The van der Waals surface area contributed by atoms with Gasteiger partial charge in [0.2, 0.25) is 10.0 Å². The van der Waals surface area contributed by atoms with Gasteiger partial charge in [-0.15, -0.1) is 0 Å². The van der Waals surface area contributed by atoms with E-state index in [9.17, 15) is 13.2 Å². The highest BCUT2D eigenvalue weighted by molar-refractivity contribution is 7.89. The summed E-state index contributed by atoms with van der Waals surface area (Å²) in [5, 5.41) is 0. The summed E-state index contributed by atoms with van der Waals surface area (Å²) < 4.78 is 26.0. The third-order valence-electron chi connectivity index (χ3n) is 2.75. The number of aryl methyl sites for hydroxylation is 1. The van der Waals surface area contributed by atoms with Crippen LogP contribution in [-0.4, -0.2) is 28.0 Å². The summed E-state index contributed by atoms with van der Waals surface area (Å²) in [6, 6.07) is 2.96. The maximum atomic E-state index is 11.9. The van der Waals surface area contributed by atoms with Crippen LogP contribution < -0.4 is 10.2 Å². The van der Waals surface area contributed by atoms with E-state index in [4.69, 9.17) is 4.84 Å². The van der Waals surface area contributed by atoms with Crippen LogP contribution in [0.4, 0.5) is 0 Å². The third-order valence-corrected chi connectivity index (χ3v) is 4.29. The molecule has 6 nitrogen and oxygen atoms in total. The summed E-state index contributed by atoms with van der Waals surface area (Å²) >= 11 is 0. The van der Waals surface area contributed by atoms with Gasteiger partial charge in [0.15, 0.2) is 0 Å². The molecule has 0 saturated carbocycles. The van der Waals surface area contributed by atoms with Crippen LogP contribution in [0.25, 0.3) is 0 Å². The highest BCUT2D eigenvalue weighted by atomic mass is 32.2. The van der Waals surface area contributed by atoms with Gasteiger partial charge < -0.3 is 0 Å². The van der Waals surface area contributed by atoms with Gasteiger partial charge >= 0.3 is 0 Å². The fraction of sp³-hybridized carbons (Fsp3) is 0.417. The summed E-state index contributed by atoms with van der Waals surface area (Å²) in [5.74, 6) is -0.475. The Labute approximate surface area is 113 Å². The van der Waals surface area contributed by atoms with Gasteiger partial charge in [-0.3, -0.25) is 9.63 Å². The number of carbonyl (C=O) groups excluding carboxylic acids is 1. The van der Waals surface area contributed by atoms with E-state index in [0.29, 0.717) is 12.2 Å². The van der Waals surface area contributed by atoms with E-state index in [0.717, 1.165) is 5.56 Å². The summed E-state index contributed by atoms with van der Waals surface area (Å²) in [7, 11) is -2.27. The lowest BCUT2D eigenvalue weighted by Crippen LogP contribution is -2.25. The number of hydrogen-bond acceptors (Lipinski definition) is 4. The van der Waals surface area contributed by atoms with Crippen LogP contribution in [0.1, 0.15) is 28.4 Å². The van der Waals surface area contributed by atoms with Crippen molar-refractivity contribution in [2.75, 3.05) is 13.7 Å². The van der Waals surface area contributed by atoms with E-state index in [1.54, 1.807) is 26.8 Å². The lowest BCUT2D eigenvalue weighted by atomic mass is 10.1. The smallest absolute Gasteiger partial charge is 0.274 e. The van der Waals surface area contributed by atoms with E-state index in [1.807, 2.05) is 0 Å². The van der Waals surface area contributed by atoms with Gasteiger partial charge in [-0.25, -0.2) is 18.6 Å². The average Bonchev–Trinajstić information content (AvgIpc) is 2.38. The van der Waals surface area contributed by atoms with Gasteiger partial charge in [-0.05, 0) is 51.1 Å². The third kappa shape index (κ3) is 3.52. The molecule has 0 fully saturated rings. The van der Waals surface area contributed by atoms with Crippen LogP contribution in [0.2, 0.25) is 0 Å². The first-order valence-corrected chi connectivity index (χ1v) is 7.28. The molecule has 0 unspecified atom stereocenters. The molecule has 0 aliphatic rings. The van der Waals surface area contributed by atoms with E-state index < -0.39 is 15.9 Å². The maximum Gasteiger partial charge on any atom is 0.274 e. The average molecular weight is 286 g/mol. The monoisotopic (exact) mass is 286 g/mol. The number of hydrogen-bond donors (Lipinski definition) is 2. The molecule has 0 aliphatic heterocycles. The van der Waals surface area contributed by atoms with Crippen molar-refractivity contribution in [3.63, 3.8) is 0 Å². The van der Waals surface area contributed by atoms with E-state index in [1.165, 1.54) is 13.1 Å². The molecule has 7 heteroatoms. The molecule has 19 heavy (non-hydrogen) atoms. The van der Waals surface area contributed by atoms with Gasteiger partial charge in [0.05, 0.1) is 11.5 Å². The SMILES string of the molecule is CCONC(=O)c1cc(C)c(C)c(S(=O)(=O)NC)c1. The molecule has 2 N–H and O–H groups in total. The van der Waals surface area contributed by atoms with Crippen molar-refractivity contribution in [2.24, 2.45) is 0 Å². The molecule has 0 bridgehead atoms. The topological polar surface area (TPSA) is 84.5 Å². The number of hydroxylamine groups is 1. The van der Waals surface area contributed by atoms with Gasteiger partial charge in [0, 0.05) is 5.56 Å². The first-order valence-electron chi connectivity index (χ1n) is 5.80. The quantitative estimate of drug-likeness (QED) is 0.787. The first-order chi connectivity index (χ1) is 8.83. The molecule has 0 radical (unpaired) electrons. The second-order valence-electron chi connectivity index (χ2n) is 3.99. The molecule has 0 saturated heterocycles. The van der Waals surface area contributed by atoms with Crippen molar-refractivity contribution >= 4 is 15.9 Å². The second-order valence-corrected chi connectivity index (χ2v) is 5.84. The highest BCUT2D eigenvalue weighted by Gasteiger charge is 2.19.